The summed E-state index contributed by atoms with van der Waals surface area (Å²) in [5.74, 6) is 0. The first-order valence-electron chi connectivity index (χ1n) is 5.82. The van der Waals surface area contributed by atoms with Crippen LogP contribution in [0.25, 0.3) is 21.0 Å². The molecular formula is C15H15NS. The molecule has 0 N–H and O–H groups in total. The van der Waals surface area contributed by atoms with Crippen LogP contribution in [0.15, 0.2) is 35.8 Å². The molecule has 0 spiro atoms. The number of hydrogen-bond acceptors (Lipinski definition) is 2. The van der Waals surface area contributed by atoms with E-state index in [-0.39, 0.29) is 5.41 Å². The number of rotatable bonds is 0. The summed E-state index contributed by atoms with van der Waals surface area (Å²) in [6, 6.07) is 11.1. The third kappa shape index (κ3) is 1.73. The first-order chi connectivity index (χ1) is 8.05. The molecule has 0 bridgehead atoms. The highest BCUT2D eigenvalue weighted by Gasteiger charge is 2.14. The quantitative estimate of drug-likeness (QED) is 0.553. The Morgan fingerprint density at radius 1 is 1.06 bits per heavy atom. The minimum atomic E-state index is 0.205. The molecule has 0 atom stereocenters. The van der Waals surface area contributed by atoms with E-state index in [1.807, 2.05) is 5.51 Å². The van der Waals surface area contributed by atoms with Crippen molar-refractivity contribution in [1.29, 1.82) is 0 Å². The topological polar surface area (TPSA) is 12.9 Å². The van der Waals surface area contributed by atoms with E-state index in [0.29, 0.717) is 0 Å². The van der Waals surface area contributed by atoms with Gasteiger partial charge in [-0.15, -0.1) is 11.3 Å². The highest BCUT2D eigenvalue weighted by Crippen LogP contribution is 2.31. The molecule has 0 aliphatic rings. The molecule has 1 heterocycles. The smallest absolute Gasteiger partial charge is 0.0818 e. The Bertz CT molecular complexity index is 689. The van der Waals surface area contributed by atoms with Crippen LogP contribution < -0.4 is 0 Å². The van der Waals surface area contributed by atoms with E-state index in [9.17, 15) is 0 Å². The normalized spacial score (nSPS) is 12.4. The van der Waals surface area contributed by atoms with E-state index in [1.165, 1.54) is 21.0 Å². The third-order valence-electron chi connectivity index (χ3n) is 3.18. The van der Waals surface area contributed by atoms with Gasteiger partial charge in [-0.25, -0.2) is 4.98 Å². The van der Waals surface area contributed by atoms with Crippen LogP contribution in [-0.4, -0.2) is 4.98 Å². The fourth-order valence-corrected chi connectivity index (χ4v) is 2.94. The zero-order valence-electron chi connectivity index (χ0n) is 10.3. The standard InChI is InChI=1S/C15H15NS/c1-15(2,3)11-5-6-12-10(8-11)4-7-13-14(12)17-9-16-13/h4-9H,1-3H3. The molecule has 1 aromatic heterocycles. The van der Waals surface area contributed by atoms with Crippen LogP contribution in [0.4, 0.5) is 0 Å². The Hall–Kier alpha value is -1.41. The van der Waals surface area contributed by atoms with E-state index >= 15 is 0 Å². The van der Waals surface area contributed by atoms with Crippen LogP contribution in [0.3, 0.4) is 0 Å². The van der Waals surface area contributed by atoms with Gasteiger partial charge in [-0.05, 0) is 22.4 Å². The van der Waals surface area contributed by atoms with E-state index in [2.05, 4.69) is 56.1 Å². The molecule has 0 fully saturated rings. The summed E-state index contributed by atoms with van der Waals surface area (Å²) < 4.78 is 1.29. The second-order valence-corrected chi connectivity index (χ2v) is 6.31. The van der Waals surface area contributed by atoms with E-state index in [1.54, 1.807) is 11.3 Å². The molecule has 17 heavy (non-hydrogen) atoms. The number of aromatic nitrogens is 1. The summed E-state index contributed by atoms with van der Waals surface area (Å²) in [5, 5.41) is 2.63. The van der Waals surface area contributed by atoms with Crippen molar-refractivity contribution in [2.45, 2.75) is 26.2 Å². The SMILES string of the molecule is CC(C)(C)c1ccc2c(ccc3ncsc32)c1. The van der Waals surface area contributed by atoms with Gasteiger partial charge in [0.1, 0.15) is 0 Å². The van der Waals surface area contributed by atoms with Gasteiger partial charge in [-0.2, -0.15) is 0 Å². The van der Waals surface area contributed by atoms with Crippen molar-refractivity contribution in [2.75, 3.05) is 0 Å². The monoisotopic (exact) mass is 241 g/mol. The molecule has 0 saturated carbocycles. The fourth-order valence-electron chi connectivity index (χ4n) is 2.12. The van der Waals surface area contributed by atoms with Gasteiger partial charge in [0.15, 0.2) is 0 Å². The molecule has 0 aliphatic carbocycles. The molecule has 0 radical (unpaired) electrons. The van der Waals surface area contributed by atoms with Crippen LogP contribution >= 0.6 is 11.3 Å². The van der Waals surface area contributed by atoms with Gasteiger partial charge in [-0.3, -0.25) is 0 Å². The predicted molar refractivity (Wildman–Crippen MR) is 75.8 cm³/mol. The second-order valence-electron chi connectivity index (χ2n) is 5.45. The summed E-state index contributed by atoms with van der Waals surface area (Å²) in [5.41, 5.74) is 4.61. The lowest BCUT2D eigenvalue weighted by Gasteiger charge is -2.19. The van der Waals surface area contributed by atoms with Crippen molar-refractivity contribution >= 4 is 32.3 Å². The Kier molecular flexibility index (Phi) is 2.23. The average molecular weight is 241 g/mol. The van der Waals surface area contributed by atoms with Crippen LogP contribution in [0.5, 0.6) is 0 Å². The van der Waals surface area contributed by atoms with Gasteiger partial charge < -0.3 is 0 Å². The van der Waals surface area contributed by atoms with E-state index in [4.69, 9.17) is 0 Å². The summed E-state index contributed by atoms with van der Waals surface area (Å²) in [4.78, 5) is 4.36. The number of benzene rings is 2. The summed E-state index contributed by atoms with van der Waals surface area (Å²) in [6.07, 6.45) is 0. The summed E-state index contributed by atoms with van der Waals surface area (Å²) in [7, 11) is 0. The number of hydrogen-bond donors (Lipinski definition) is 0. The lowest BCUT2D eigenvalue weighted by Crippen LogP contribution is -2.10. The Morgan fingerprint density at radius 2 is 1.88 bits per heavy atom. The molecule has 0 unspecified atom stereocenters. The van der Waals surface area contributed by atoms with Crippen LogP contribution in [0.1, 0.15) is 26.3 Å². The Balaban J connectivity index is 2.34. The number of fused-ring (bicyclic) bond motifs is 3. The summed E-state index contributed by atoms with van der Waals surface area (Å²) >= 11 is 1.72. The highest BCUT2D eigenvalue weighted by atomic mass is 32.1. The van der Waals surface area contributed by atoms with Crippen LogP contribution in [0, 0.1) is 0 Å². The van der Waals surface area contributed by atoms with Gasteiger partial charge in [0.05, 0.1) is 15.7 Å². The van der Waals surface area contributed by atoms with E-state index < -0.39 is 0 Å². The number of nitrogens with zero attached hydrogens (tertiary/aromatic N) is 1. The molecule has 0 aliphatic heterocycles. The third-order valence-corrected chi connectivity index (χ3v) is 4.05. The zero-order valence-corrected chi connectivity index (χ0v) is 11.1. The second kappa shape index (κ2) is 3.54. The first kappa shape index (κ1) is 10.7. The van der Waals surface area contributed by atoms with Gasteiger partial charge in [0, 0.05) is 5.39 Å². The Morgan fingerprint density at radius 3 is 2.65 bits per heavy atom. The van der Waals surface area contributed by atoms with Gasteiger partial charge in [-0.1, -0.05) is 45.0 Å². The van der Waals surface area contributed by atoms with Crippen molar-refractivity contribution in [3.05, 3.63) is 41.4 Å². The molecule has 0 amide bonds. The van der Waals surface area contributed by atoms with Crippen LogP contribution in [0.2, 0.25) is 0 Å². The molecule has 2 heteroatoms. The molecular weight excluding hydrogens is 226 g/mol. The zero-order chi connectivity index (χ0) is 12.0. The lowest BCUT2D eigenvalue weighted by atomic mass is 9.86. The van der Waals surface area contributed by atoms with Gasteiger partial charge >= 0.3 is 0 Å². The molecule has 1 nitrogen and oxygen atoms in total. The largest absolute Gasteiger partial charge is 0.245 e. The summed E-state index contributed by atoms with van der Waals surface area (Å²) in [6.45, 7) is 6.75. The van der Waals surface area contributed by atoms with Crippen molar-refractivity contribution in [3.63, 3.8) is 0 Å². The molecule has 2 aromatic carbocycles. The maximum absolute atomic E-state index is 4.36. The first-order valence-corrected chi connectivity index (χ1v) is 6.70. The molecule has 3 rings (SSSR count). The van der Waals surface area contributed by atoms with Crippen LogP contribution in [-0.2, 0) is 5.41 Å². The maximum Gasteiger partial charge on any atom is 0.0818 e. The fraction of sp³-hybridized carbons (Fsp3) is 0.267. The van der Waals surface area contributed by atoms with Gasteiger partial charge in [0.2, 0.25) is 0 Å². The van der Waals surface area contributed by atoms with Crippen molar-refractivity contribution in [1.82, 2.24) is 4.98 Å². The Labute approximate surface area is 105 Å². The molecule has 0 saturated heterocycles. The van der Waals surface area contributed by atoms with Gasteiger partial charge in [0.25, 0.3) is 0 Å². The van der Waals surface area contributed by atoms with Crippen molar-refractivity contribution in [2.24, 2.45) is 0 Å². The van der Waals surface area contributed by atoms with E-state index in [0.717, 1.165) is 5.52 Å². The maximum atomic E-state index is 4.36. The highest BCUT2D eigenvalue weighted by molar-refractivity contribution is 7.17. The minimum Gasteiger partial charge on any atom is -0.245 e. The lowest BCUT2D eigenvalue weighted by molar-refractivity contribution is 0.591. The minimum absolute atomic E-state index is 0.205. The predicted octanol–water partition coefficient (Wildman–Crippen LogP) is 4.75. The van der Waals surface area contributed by atoms with Crippen molar-refractivity contribution < 1.29 is 0 Å². The number of thiazole rings is 1. The molecule has 3 aromatic rings. The average Bonchev–Trinajstić information content (AvgIpc) is 2.75. The van der Waals surface area contributed by atoms with Crippen molar-refractivity contribution in [3.8, 4) is 0 Å². The molecule has 86 valence electrons.